The lowest BCUT2D eigenvalue weighted by Crippen LogP contribution is -2.46. The number of likely N-dealkylation sites (tertiary alicyclic amines) is 1. The maximum atomic E-state index is 5.95. The zero-order valence-electron chi connectivity index (χ0n) is 17.7. The van der Waals surface area contributed by atoms with Gasteiger partial charge in [0.2, 0.25) is 5.88 Å². The predicted molar refractivity (Wildman–Crippen MR) is 112 cm³/mol. The Hall–Kier alpha value is -1.86. The van der Waals surface area contributed by atoms with E-state index < -0.39 is 0 Å². The standard InChI is InChI=1S/C21H36N4O3/c1-4-5-15-28-20-18(8-6-11-23-20)17-24-21(22-2)25-12-9-19(10-13-25)27-16-7-14-26-3/h6,8,11,19H,4-5,7,9-10,12-17H2,1-3H3,(H,22,24). The number of pyridine rings is 1. The van der Waals surface area contributed by atoms with Crippen LogP contribution in [-0.2, 0) is 16.0 Å². The zero-order chi connectivity index (χ0) is 20.0. The summed E-state index contributed by atoms with van der Waals surface area (Å²) < 4.78 is 16.8. The van der Waals surface area contributed by atoms with Gasteiger partial charge in [-0.15, -0.1) is 0 Å². The van der Waals surface area contributed by atoms with Gasteiger partial charge in [0.05, 0.1) is 12.7 Å². The van der Waals surface area contributed by atoms with Gasteiger partial charge in [-0.25, -0.2) is 4.98 Å². The number of piperidine rings is 1. The maximum Gasteiger partial charge on any atom is 0.218 e. The molecular formula is C21H36N4O3. The third-order valence-electron chi connectivity index (χ3n) is 4.82. The highest BCUT2D eigenvalue weighted by Crippen LogP contribution is 2.16. The van der Waals surface area contributed by atoms with E-state index in [0.717, 1.165) is 69.9 Å². The molecule has 0 spiro atoms. The summed E-state index contributed by atoms with van der Waals surface area (Å²) in [5.74, 6) is 1.63. The van der Waals surface area contributed by atoms with Crippen molar-refractivity contribution in [2.24, 2.45) is 4.99 Å². The molecule has 1 aliphatic rings. The van der Waals surface area contributed by atoms with Crippen LogP contribution in [0, 0.1) is 0 Å². The summed E-state index contributed by atoms with van der Waals surface area (Å²) in [6, 6.07) is 3.99. The fourth-order valence-corrected chi connectivity index (χ4v) is 3.20. The van der Waals surface area contributed by atoms with Crippen molar-refractivity contribution in [2.45, 2.75) is 51.7 Å². The quantitative estimate of drug-likeness (QED) is 0.355. The maximum absolute atomic E-state index is 5.95. The van der Waals surface area contributed by atoms with Gasteiger partial charge in [-0.2, -0.15) is 0 Å². The molecule has 2 heterocycles. The Morgan fingerprint density at radius 3 is 2.79 bits per heavy atom. The van der Waals surface area contributed by atoms with E-state index in [-0.39, 0.29) is 0 Å². The minimum absolute atomic E-state index is 0.336. The number of hydrogen-bond donors (Lipinski definition) is 1. The van der Waals surface area contributed by atoms with Gasteiger partial charge in [-0.1, -0.05) is 19.4 Å². The number of aliphatic imine (C=N–C) groups is 1. The van der Waals surface area contributed by atoms with Gasteiger partial charge in [0.15, 0.2) is 5.96 Å². The highest BCUT2D eigenvalue weighted by molar-refractivity contribution is 5.80. The zero-order valence-corrected chi connectivity index (χ0v) is 17.7. The second kappa shape index (κ2) is 13.3. The minimum atomic E-state index is 0.336. The third kappa shape index (κ3) is 7.64. The molecule has 0 amide bonds. The molecule has 1 aromatic rings. The summed E-state index contributed by atoms with van der Waals surface area (Å²) in [7, 11) is 3.56. The molecule has 7 nitrogen and oxygen atoms in total. The van der Waals surface area contributed by atoms with E-state index in [0.29, 0.717) is 25.1 Å². The van der Waals surface area contributed by atoms with Crippen LogP contribution >= 0.6 is 0 Å². The molecule has 158 valence electrons. The van der Waals surface area contributed by atoms with Crippen LogP contribution in [0.25, 0.3) is 0 Å². The molecule has 0 atom stereocenters. The number of guanidine groups is 1. The smallest absolute Gasteiger partial charge is 0.218 e. The summed E-state index contributed by atoms with van der Waals surface area (Å²) in [4.78, 5) is 11.1. The second-order valence-corrected chi connectivity index (χ2v) is 6.97. The molecule has 1 N–H and O–H groups in total. The van der Waals surface area contributed by atoms with Crippen LogP contribution in [0.3, 0.4) is 0 Å². The Morgan fingerprint density at radius 2 is 2.07 bits per heavy atom. The lowest BCUT2D eigenvalue weighted by Gasteiger charge is -2.34. The number of ether oxygens (including phenoxy) is 3. The number of nitrogens with zero attached hydrogens (tertiary/aromatic N) is 3. The molecule has 7 heteroatoms. The Labute approximate surface area is 169 Å². The van der Waals surface area contributed by atoms with Crippen LogP contribution in [0.15, 0.2) is 23.3 Å². The number of nitrogens with one attached hydrogen (secondary N) is 1. The summed E-state index contributed by atoms with van der Waals surface area (Å²) in [5, 5.41) is 3.46. The Balaban J connectivity index is 1.78. The summed E-state index contributed by atoms with van der Waals surface area (Å²) in [6.07, 6.45) is 7.25. The summed E-state index contributed by atoms with van der Waals surface area (Å²) >= 11 is 0. The number of aromatic nitrogens is 1. The van der Waals surface area contributed by atoms with Crippen molar-refractivity contribution >= 4 is 5.96 Å². The lowest BCUT2D eigenvalue weighted by molar-refractivity contribution is 0.00989. The average Bonchev–Trinajstić information content (AvgIpc) is 2.74. The first-order valence-electron chi connectivity index (χ1n) is 10.4. The van der Waals surface area contributed by atoms with Crippen molar-refractivity contribution in [1.29, 1.82) is 0 Å². The predicted octanol–water partition coefficient (Wildman–Crippen LogP) is 2.85. The van der Waals surface area contributed by atoms with Crippen molar-refractivity contribution in [2.75, 3.05) is 47.1 Å². The van der Waals surface area contributed by atoms with Crippen molar-refractivity contribution in [3.05, 3.63) is 23.9 Å². The van der Waals surface area contributed by atoms with E-state index >= 15 is 0 Å². The lowest BCUT2D eigenvalue weighted by atomic mass is 10.1. The number of rotatable bonds is 11. The van der Waals surface area contributed by atoms with Gasteiger partial charge in [0, 0.05) is 58.8 Å². The first kappa shape index (κ1) is 22.4. The molecule has 0 saturated carbocycles. The molecule has 1 fully saturated rings. The van der Waals surface area contributed by atoms with Crippen molar-refractivity contribution < 1.29 is 14.2 Å². The normalized spacial score (nSPS) is 15.7. The molecule has 0 radical (unpaired) electrons. The molecular weight excluding hydrogens is 356 g/mol. The van der Waals surface area contributed by atoms with E-state index in [1.54, 1.807) is 13.3 Å². The fourth-order valence-electron chi connectivity index (χ4n) is 3.20. The Morgan fingerprint density at radius 1 is 1.25 bits per heavy atom. The van der Waals surface area contributed by atoms with Gasteiger partial charge in [-0.05, 0) is 31.7 Å². The summed E-state index contributed by atoms with van der Waals surface area (Å²) in [6.45, 7) is 6.93. The van der Waals surface area contributed by atoms with Crippen LogP contribution in [0.2, 0.25) is 0 Å². The van der Waals surface area contributed by atoms with Gasteiger partial charge in [0.25, 0.3) is 0 Å². The minimum Gasteiger partial charge on any atom is -0.477 e. The molecule has 1 aliphatic heterocycles. The average molecular weight is 393 g/mol. The van der Waals surface area contributed by atoms with Gasteiger partial charge < -0.3 is 24.4 Å². The van der Waals surface area contributed by atoms with Crippen molar-refractivity contribution in [1.82, 2.24) is 15.2 Å². The molecule has 0 bridgehead atoms. The molecule has 0 unspecified atom stereocenters. The number of hydrogen-bond acceptors (Lipinski definition) is 5. The fraction of sp³-hybridized carbons (Fsp3) is 0.714. The Bertz CT molecular complexity index is 575. The van der Waals surface area contributed by atoms with Gasteiger partial charge in [-0.3, -0.25) is 4.99 Å². The van der Waals surface area contributed by atoms with Crippen LogP contribution in [-0.4, -0.2) is 69.0 Å². The topological polar surface area (TPSA) is 68.2 Å². The highest BCUT2D eigenvalue weighted by Gasteiger charge is 2.22. The molecule has 28 heavy (non-hydrogen) atoms. The molecule has 1 aromatic heterocycles. The van der Waals surface area contributed by atoms with Crippen LogP contribution in [0.5, 0.6) is 5.88 Å². The Kier molecular flexibility index (Phi) is 10.7. The third-order valence-corrected chi connectivity index (χ3v) is 4.82. The van der Waals surface area contributed by atoms with E-state index in [4.69, 9.17) is 14.2 Å². The number of methoxy groups -OCH3 is 1. The first-order valence-corrected chi connectivity index (χ1v) is 10.4. The summed E-state index contributed by atoms with van der Waals surface area (Å²) in [5.41, 5.74) is 1.05. The number of unbranched alkanes of at least 4 members (excludes halogenated alkanes) is 1. The highest BCUT2D eigenvalue weighted by atomic mass is 16.5. The molecule has 1 saturated heterocycles. The van der Waals surface area contributed by atoms with E-state index in [2.05, 4.69) is 33.2 Å². The molecule has 2 rings (SSSR count). The van der Waals surface area contributed by atoms with Crippen LogP contribution in [0.4, 0.5) is 0 Å². The van der Waals surface area contributed by atoms with Crippen molar-refractivity contribution in [3.63, 3.8) is 0 Å². The SMILES string of the molecule is CCCCOc1ncccc1CNC(=NC)N1CCC(OCCCOC)CC1. The molecule has 0 aliphatic carbocycles. The molecule has 0 aromatic carbocycles. The monoisotopic (exact) mass is 392 g/mol. The van der Waals surface area contributed by atoms with E-state index in [9.17, 15) is 0 Å². The van der Waals surface area contributed by atoms with Gasteiger partial charge in [0.1, 0.15) is 0 Å². The second-order valence-electron chi connectivity index (χ2n) is 6.97. The first-order chi connectivity index (χ1) is 13.8. The van der Waals surface area contributed by atoms with Crippen LogP contribution in [0.1, 0.15) is 44.6 Å². The van der Waals surface area contributed by atoms with E-state index in [1.165, 1.54) is 0 Å². The van der Waals surface area contributed by atoms with Crippen molar-refractivity contribution in [3.8, 4) is 5.88 Å². The van der Waals surface area contributed by atoms with Crippen LogP contribution < -0.4 is 10.1 Å². The van der Waals surface area contributed by atoms with Gasteiger partial charge >= 0.3 is 0 Å². The van der Waals surface area contributed by atoms with E-state index in [1.807, 2.05) is 13.1 Å². The largest absolute Gasteiger partial charge is 0.477 e.